The average molecular weight is 591 g/mol. The fourth-order valence-corrected chi connectivity index (χ4v) is 6.81. The van der Waals surface area contributed by atoms with Crippen molar-refractivity contribution in [1.29, 1.82) is 0 Å². The van der Waals surface area contributed by atoms with E-state index in [1.165, 1.54) is 60.1 Å². The van der Waals surface area contributed by atoms with Crippen LogP contribution in [0.1, 0.15) is 24.5 Å². The Balaban J connectivity index is 1.23. The average Bonchev–Trinajstić information content (AvgIpc) is 3.11. The molecule has 0 spiro atoms. The zero-order valence-electron chi connectivity index (χ0n) is 26.2. The van der Waals surface area contributed by atoms with E-state index in [4.69, 9.17) is 4.98 Å². The third kappa shape index (κ3) is 5.02. The number of aryl methyl sites for hydroxylation is 2. The molecule has 0 unspecified atom stereocenters. The minimum atomic E-state index is 0.881. The summed E-state index contributed by atoms with van der Waals surface area (Å²) in [5.41, 5.74) is 11.6. The number of rotatable bonds is 6. The van der Waals surface area contributed by atoms with Crippen molar-refractivity contribution in [1.82, 2.24) is 9.97 Å². The maximum Gasteiger partial charge on any atom is 0.0886 e. The lowest BCUT2D eigenvalue weighted by molar-refractivity contribution is 0.924. The van der Waals surface area contributed by atoms with Gasteiger partial charge in [0.25, 0.3) is 0 Å². The molecule has 6 aromatic carbocycles. The summed E-state index contributed by atoms with van der Waals surface area (Å²) in [5.74, 6) is 0. The standard InChI is InChI=1S/C44H34N2/c1-3-8-30-14-15-32-18-21-34(26-36(32)25-30)44-39-11-6-4-9-37(39)43(38-10-5-7-12-40(38)44)33-19-16-31(17-20-33)35-22-24-42(46-28-35)41-23-13-29(2)27-45-41/h4-7,9-28H,3,8H2,1-2H3. The number of pyridine rings is 2. The van der Waals surface area contributed by atoms with Gasteiger partial charge in [-0.3, -0.25) is 9.97 Å². The molecule has 0 amide bonds. The van der Waals surface area contributed by atoms with E-state index in [2.05, 4.69) is 139 Å². The summed E-state index contributed by atoms with van der Waals surface area (Å²) < 4.78 is 0. The Bertz CT molecular complexity index is 2290. The van der Waals surface area contributed by atoms with Crippen LogP contribution in [0.15, 0.2) is 146 Å². The van der Waals surface area contributed by atoms with Gasteiger partial charge in [-0.15, -0.1) is 0 Å². The van der Waals surface area contributed by atoms with Crippen molar-refractivity contribution in [3.05, 3.63) is 157 Å². The topological polar surface area (TPSA) is 25.8 Å². The first-order valence-corrected chi connectivity index (χ1v) is 16.1. The summed E-state index contributed by atoms with van der Waals surface area (Å²) in [5, 5.41) is 7.66. The molecular formula is C44H34N2. The van der Waals surface area contributed by atoms with Crippen molar-refractivity contribution in [3.63, 3.8) is 0 Å². The summed E-state index contributed by atoms with van der Waals surface area (Å²) in [6, 6.07) is 48.8. The number of fused-ring (bicyclic) bond motifs is 3. The SMILES string of the molecule is CCCc1ccc2ccc(-c3c4ccccc4c(-c4ccc(-c5ccc(-c6ccc(C)cn6)nc5)cc4)c4ccccc34)cc2c1. The maximum absolute atomic E-state index is 4.73. The van der Waals surface area contributed by atoms with E-state index in [1.54, 1.807) is 0 Å². The molecule has 2 nitrogen and oxygen atoms in total. The molecule has 0 atom stereocenters. The highest BCUT2D eigenvalue weighted by atomic mass is 14.8. The highest BCUT2D eigenvalue weighted by Gasteiger charge is 2.17. The van der Waals surface area contributed by atoms with Crippen LogP contribution in [-0.2, 0) is 6.42 Å². The molecule has 0 fully saturated rings. The van der Waals surface area contributed by atoms with Gasteiger partial charge in [-0.25, -0.2) is 0 Å². The summed E-state index contributed by atoms with van der Waals surface area (Å²) >= 11 is 0. The van der Waals surface area contributed by atoms with Crippen LogP contribution in [0.4, 0.5) is 0 Å². The highest BCUT2D eigenvalue weighted by molar-refractivity contribution is 6.21. The summed E-state index contributed by atoms with van der Waals surface area (Å²) in [6.45, 7) is 4.29. The molecular weight excluding hydrogens is 556 g/mol. The van der Waals surface area contributed by atoms with Crippen LogP contribution in [0.25, 0.3) is 77.1 Å². The van der Waals surface area contributed by atoms with Crippen molar-refractivity contribution in [2.75, 3.05) is 0 Å². The Labute approximate surface area is 270 Å². The van der Waals surface area contributed by atoms with Gasteiger partial charge in [0.1, 0.15) is 0 Å². The molecule has 220 valence electrons. The van der Waals surface area contributed by atoms with E-state index in [9.17, 15) is 0 Å². The Morgan fingerprint density at radius 2 is 1.00 bits per heavy atom. The Morgan fingerprint density at radius 1 is 0.457 bits per heavy atom. The number of nitrogens with zero attached hydrogens (tertiary/aromatic N) is 2. The Morgan fingerprint density at radius 3 is 1.59 bits per heavy atom. The zero-order chi connectivity index (χ0) is 31.0. The molecule has 0 N–H and O–H groups in total. The second kappa shape index (κ2) is 11.7. The van der Waals surface area contributed by atoms with Gasteiger partial charge in [0.05, 0.1) is 11.4 Å². The van der Waals surface area contributed by atoms with Crippen LogP contribution in [0, 0.1) is 6.92 Å². The van der Waals surface area contributed by atoms with E-state index < -0.39 is 0 Å². The Hall–Kier alpha value is -5.60. The molecule has 0 aliphatic rings. The first kappa shape index (κ1) is 27.9. The monoisotopic (exact) mass is 590 g/mol. The summed E-state index contributed by atoms with van der Waals surface area (Å²) in [4.78, 5) is 9.26. The lowest BCUT2D eigenvalue weighted by atomic mass is 9.85. The van der Waals surface area contributed by atoms with Crippen molar-refractivity contribution in [3.8, 4) is 44.8 Å². The van der Waals surface area contributed by atoms with Gasteiger partial charge in [-0.05, 0) is 103 Å². The predicted molar refractivity (Wildman–Crippen MR) is 195 cm³/mol. The van der Waals surface area contributed by atoms with Crippen LogP contribution >= 0.6 is 0 Å². The number of aromatic nitrogens is 2. The van der Waals surface area contributed by atoms with E-state index in [0.717, 1.165) is 40.9 Å². The first-order valence-electron chi connectivity index (χ1n) is 16.1. The fraction of sp³-hybridized carbons (Fsp3) is 0.0909. The minimum absolute atomic E-state index is 0.881. The van der Waals surface area contributed by atoms with Gasteiger partial charge in [0.2, 0.25) is 0 Å². The molecule has 0 saturated heterocycles. The van der Waals surface area contributed by atoms with Crippen molar-refractivity contribution < 1.29 is 0 Å². The van der Waals surface area contributed by atoms with Crippen LogP contribution in [0.5, 0.6) is 0 Å². The van der Waals surface area contributed by atoms with Gasteiger partial charge in [0.15, 0.2) is 0 Å². The lowest BCUT2D eigenvalue weighted by Gasteiger charge is -2.18. The molecule has 0 aliphatic carbocycles. The molecule has 46 heavy (non-hydrogen) atoms. The van der Waals surface area contributed by atoms with Crippen molar-refractivity contribution in [2.45, 2.75) is 26.7 Å². The Kier molecular flexibility index (Phi) is 7.11. The third-order valence-electron chi connectivity index (χ3n) is 9.11. The number of hydrogen-bond donors (Lipinski definition) is 0. The fourth-order valence-electron chi connectivity index (χ4n) is 6.81. The van der Waals surface area contributed by atoms with E-state index >= 15 is 0 Å². The van der Waals surface area contributed by atoms with E-state index in [0.29, 0.717) is 0 Å². The van der Waals surface area contributed by atoms with Crippen LogP contribution in [-0.4, -0.2) is 9.97 Å². The van der Waals surface area contributed by atoms with Crippen LogP contribution in [0.2, 0.25) is 0 Å². The van der Waals surface area contributed by atoms with Crippen LogP contribution in [0.3, 0.4) is 0 Å². The van der Waals surface area contributed by atoms with Crippen LogP contribution < -0.4 is 0 Å². The quantitative estimate of drug-likeness (QED) is 0.180. The third-order valence-corrected chi connectivity index (χ3v) is 9.11. The van der Waals surface area contributed by atoms with E-state index in [-0.39, 0.29) is 0 Å². The highest BCUT2D eigenvalue weighted by Crippen LogP contribution is 2.44. The lowest BCUT2D eigenvalue weighted by Crippen LogP contribution is -1.91. The second-order valence-electron chi connectivity index (χ2n) is 12.2. The molecule has 0 bridgehead atoms. The summed E-state index contributed by atoms with van der Waals surface area (Å²) in [7, 11) is 0. The normalized spacial score (nSPS) is 11.4. The molecule has 2 heterocycles. The molecule has 8 aromatic rings. The largest absolute Gasteiger partial charge is 0.254 e. The number of benzene rings is 6. The first-order chi connectivity index (χ1) is 22.7. The van der Waals surface area contributed by atoms with E-state index in [1.807, 2.05) is 25.4 Å². The van der Waals surface area contributed by atoms with Gasteiger partial charge >= 0.3 is 0 Å². The summed E-state index contributed by atoms with van der Waals surface area (Å²) in [6.07, 6.45) is 6.08. The predicted octanol–water partition coefficient (Wildman–Crippen LogP) is 11.9. The zero-order valence-corrected chi connectivity index (χ0v) is 26.2. The minimum Gasteiger partial charge on any atom is -0.254 e. The molecule has 8 rings (SSSR count). The molecule has 0 aliphatic heterocycles. The molecule has 0 saturated carbocycles. The molecule has 2 aromatic heterocycles. The smallest absolute Gasteiger partial charge is 0.0886 e. The van der Waals surface area contributed by atoms with Crippen molar-refractivity contribution in [2.24, 2.45) is 0 Å². The van der Waals surface area contributed by atoms with Gasteiger partial charge < -0.3 is 0 Å². The maximum atomic E-state index is 4.73. The number of hydrogen-bond acceptors (Lipinski definition) is 2. The molecule has 0 radical (unpaired) electrons. The van der Waals surface area contributed by atoms with Gasteiger partial charge in [0, 0.05) is 18.0 Å². The van der Waals surface area contributed by atoms with Gasteiger partial charge in [-0.1, -0.05) is 129 Å². The second-order valence-corrected chi connectivity index (χ2v) is 12.2. The van der Waals surface area contributed by atoms with Gasteiger partial charge in [-0.2, -0.15) is 0 Å². The van der Waals surface area contributed by atoms with Crippen molar-refractivity contribution >= 4 is 32.3 Å². The molecule has 2 heteroatoms.